The van der Waals surface area contributed by atoms with Gasteiger partial charge in [-0.05, 0) is 58.7 Å². The van der Waals surface area contributed by atoms with Crippen LogP contribution in [0.2, 0.25) is 0 Å². The quantitative estimate of drug-likeness (QED) is 0.931. The number of hydrogen-bond donors (Lipinski definition) is 1. The number of nitrogens with zero attached hydrogens (tertiary/aromatic N) is 1. The third-order valence-electron chi connectivity index (χ3n) is 2.41. The minimum atomic E-state index is 0.830. The standard InChI is InChI=1S/C13H13BrN2O/c1-9-7-13(15-8-12(9)14)16-10-3-5-11(17-2)6-4-10/h3-8H,1-2H3,(H,15,16). The summed E-state index contributed by atoms with van der Waals surface area (Å²) in [5.41, 5.74) is 2.14. The van der Waals surface area contributed by atoms with Crippen LogP contribution in [0.15, 0.2) is 41.0 Å². The molecule has 2 rings (SSSR count). The molecule has 0 radical (unpaired) electrons. The second-order valence-electron chi connectivity index (χ2n) is 3.67. The lowest BCUT2D eigenvalue weighted by atomic mass is 10.2. The van der Waals surface area contributed by atoms with Gasteiger partial charge in [-0.3, -0.25) is 0 Å². The first-order chi connectivity index (χ1) is 8.19. The van der Waals surface area contributed by atoms with Crippen LogP contribution in [0.1, 0.15) is 5.56 Å². The molecule has 1 aromatic carbocycles. The molecule has 1 aromatic heterocycles. The van der Waals surface area contributed by atoms with E-state index in [2.05, 4.69) is 26.2 Å². The van der Waals surface area contributed by atoms with Crippen molar-refractivity contribution in [3.63, 3.8) is 0 Å². The third-order valence-corrected chi connectivity index (χ3v) is 3.24. The molecule has 0 fully saturated rings. The highest BCUT2D eigenvalue weighted by Gasteiger charge is 2.00. The molecular weight excluding hydrogens is 280 g/mol. The van der Waals surface area contributed by atoms with E-state index in [-0.39, 0.29) is 0 Å². The summed E-state index contributed by atoms with van der Waals surface area (Å²) >= 11 is 3.43. The van der Waals surface area contributed by atoms with Crippen LogP contribution in [0.25, 0.3) is 0 Å². The summed E-state index contributed by atoms with van der Waals surface area (Å²) in [5.74, 6) is 1.67. The Labute approximate surface area is 109 Å². The van der Waals surface area contributed by atoms with Gasteiger partial charge in [0.05, 0.1) is 7.11 Å². The zero-order valence-corrected chi connectivity index (χ0v) is 11.3. The normalized spacial score (nSPS) is 10.1. The van der Waals surface area contributed by atoms with Crippen molar-refractivity contribution in [2.24, 2.45) is 0 Å². The molecule has 0 aliphatic heterocycles. The molecule has 88 valence electrons. The zero-order chi connectivity index (χ0) is 12.3. The van der Waals surface area contributed by atoms with Gasteiger partial charge in [-0.1, -0.05) is 0 Å². The Balaban J connectivity index is 2.16. The van der Waals surface area contributed by atoms with Crippen LogP contribution in [0, 0.1) is 6.92 Å². The van der Waals surface area contributed by atoms with Crippen molar-refractivity contribution in [1.29, 1.82) is 0 Å². The maximum absolute atomic E-state index is 5.10. The van der Waals surface area contributed by atoms with E-state index in [1.54, 1.807) is 13.3 Å². The van der Waals surface area contributed by atoms with Crippen LogP contribution in [-0.4, -0.2) is 12.1 Å². The molecule has 0 aliphatic carbocycles. The first kappa shape index (κ1) is 11.9. The van der Waals surface area contributed by atoms with Crippen LogP contribution < -0.4 is 10.1 Å². The summed E-state index contributed by atoms with van der Waals surface area (Å²) in [6.07, 6.45) is 1.79. The molecule has 0 atom stereocenters. The maximum atomic E-state index is 5.10. The molecule has 1 N–H and O–H groups in total. The van der Waals surface area contributed by atoms with E-state index in [0.29, 0.717) is 0 Å². The van der Waals surface area contributed by atoms with E-state index in [4.69, 9.17) is 4.74 Å². The Morgan fingerprint density at radius 3 is 2.53 bits per heavy atom. The molecule has 3 nitrogen and oxygen atoms in total. The average Bonchev–Trinajstić information content (AvgIpc) is 2.35. The van der Waals surface area contributed by atoms with E-state index in [1.165, 1.54) is 0 Å². The molecule has 0 saturated carbocycles. The summed E-state index contributed by atoms with van der Waals surface area (Å²) in [6.45, 7) is 2.03. The zero-order valence-electron chi connectivity index (χ0n) is 9.70. The van der Waals surface area contributed by atoms with Crippen molar-refractivity contribution >= 4 is 27.4 Å². The van der Waals surface area contributed by atoms with Crippen LogP contribution >= 0.6 is 15.9 Å². The Morgan fingerprint density at radius 2 is 1.94 bits per heavy atom. The monoisotopic (exact) mass is 292 g/mol. The van der Waals surface area contributed by atoms with Crippen molar-refractivity contribution in [3.05, 3.63) is 46.6 Å². The van der Waals surface area contributed by atoms with Crippen molar-refractivity contribution in [2.75, 3.05) is 12.4 Å². The van der Waals surface area contributed by atoms with Gasteiger partial charge < -0.3 is 10.1 Å². The van der Waals surface area contributed by atoms with Crippen LogP contribution in [0.4, 0.5) is 11.5 Å². The second kappa shape index (κ2) is 5.19. The van der Waals surface area contributed by atoms with Gasteiger partial charge in [-0.25, -0.2) is 4.98 Å². The van der Waals surface area contributed by atoms with Gasteiger partial charge in [-0.15, -0.1) is 0 Å². The fourth-order valence-electron chi connectivity index (χ4n) is 1.43. The van der Waals surface area contributed by atoms with E-state index in [9.17, 15) is 0 Å². The SMILES string of the molecule is COc1ccc(Nc2cc(C)c(Br)cn2)cc1. The Kier molecular flexibility index (Phi) is 3.64. The van der Waals surface area contributed by atoms with Crippen molar-refractivity contribution < 1.29 is 4.74 Å². The molecular formula is C13H13BrN2O. The van der Waals surface area contributed by atoms with E-state index in [1.807, 2.05) is 37.3 Å². The van der Waals surface area contributed by atoms with E-state index in [0.717, 1.165) is 27.3 Å². The molecule has 4 heteroatoms. The van der Waals surface area contributed by atoms with Gasteiger partial charge in [0, 0.05) is 16.4 Å². The van der Waals surface area contributed by atoms with E-state index >= 15 is 0 Å². The maximum Gasteiger partial charge on any atom is 0.130 e. The van der Waals surface area contributed by atoms with E-state index < -0.39 is 0 Å². The number of nitrogens with one attached hydrogen (secondary N) is 1. The number of rotatable bonds is 3. The molecule has 17 heavy (non-hydrogen) atoms. The second-order valence-corrected chi connectivity index (χ2v) is 4.53. The van der Waals surface area contributed by atoms with Gasteiger partial charge in [0.15, 0.2) is 0 Å². The minimum Gasteiger partial charge on any atom is -0.497 e. The lowest BCUT2D eigenvalue weighted by molar-refractivity contribution is 0.415. The summed E-state index contributed by atoms with van der Waals surface area (Å²) in [4.78, 5) is 4.29. The number of halogens is 1. The topological polar surface area (TPSA) is 34.1 Å². The molecule has 0 saturated heterocycles. The molecule has 2 aromatic rings. The minimum absolute atomic E-state index is 0.830. The Bertz CT molecular complexity index is 511. The molecule has 1 heterocycles. The average molecular weight is 293 g/mol. The van der Waals surface area contributed by atoms with Gasteiger partial charge in [0.1, 0.15) is 11.6 Å². The fraction of sp³-hybridized carbons (Fsp3) is 0.154. The van der Waals surface area contributed by atoms with Crippen LogP contribution in [0.5, 0.6) is 5.75 Å². The number of methoxy groups -OCH3 is 1. The van der Waals surface area contributed by atoms with Gasteiger partial charge >= 0.3 is 0 Å². The van der Waals surface area contributed by atoms with Crippen molar-refractivity contribution in [2.45, 2.75) is 6.92 Å². The van der Waals surface area contributed by atoms with Crippen molar-refractivity contribution in [3.8, 4) is 5.75 Å². The van der Waals surface area contributed by atoms with Crippen molar-refractivity contribution in [1.82, 2.24) is 4.98 Å². The molecule has 0 spiro atoms. The number of ether oxygens (including phenoxy) is 1. The number of aromatic nitrogens is 1. The smallest absolute Gasteiger partial charge is 0.130 e. The lowest BCUT2D eigenvalue weighted by Crippen LogP contribution is -1.94. The fourth-order valence-corrected chi connectivity index (χ4v) is 1.65. The highest BCUT2D eigenvalue weighted by molar-refractivity contribution is 9.10. The Hall–Kier alpha value is -1.55. The predicted molar refractivity (Wildman–Crippen MR) is 73.0 cm³/mol. The number of benzene rings is 1. The largest absolute Gasteiger partial charge is 0.497 e. The highest BCUT2D eigenvalue weighted by Crippen LogP contribution is 2.21. The van der Waals surface area contributed by atoms with Gasteiger partial charge in [0.25, 0.3) is 0 Å². The first-order valence-electron chi connectivity index (χ1n) is 5.22. The summed E-state index contributed by atoms with van der Waals surface area (Å²) < 4.78 is 6.12. The predicted octanol–water partition coefficient (Wildman–Crippen LogP) is 3.90. The summed E-state index contributed by atoms with van der Waals surface area (Å²) in [6, 6.07) is 9.73. The molecule has 0 bridgehead atoms. The molecule has 0 unspecified atom stereocenters. The number of hydrogen-bond acceptors (Lipinski definition) is 3. The number of anilines is 2. The van der Waals surface area contributed by atoms with Gasteiger partial charge in [-0.2, -0.15) is 0 Å². The van der Waals surface area contributed by atoms with Crippen LogP contribution in [0.3, 0.4) is 0 Å². The number of pyridine rings is 1. The number of aryl methyl sites for hydroxylation is 1. The lowest BCUT2D eigenvalue weighted by Gasteiger charge is -2.07. The van der Waals surface area contributed by atoms with Crippen LogP contribution in [-0.2, 0) is 0 Å². The molecule has 0 amide bonds. The highest BCUT2D eigenvalue weighted by atomic mass is 79.9. The summed E-state index contributed by atoms with van der Waals surface area (Å²) in [5, 5.41) is 3.24. The molecule has 0 aliphatic rings. The Morgan fingerprint density at radius 1 is 1.24 bits per heavy atom. The van der Waals surface area contributed by atoms with Gasteiger partial charge in [0.2, 0.25) is 0 Å². The first-order valence-corrected chi connectivity index (χ1v) is 6.01. The third kappa shape index (κ3) is 2.97. The summed E-state index contributed by atoms with van der Waals surface area (Å²) in [7, 11) is 1.65.